The van der Waals surface area contributed by atoms with Crippen molar-refractivity contribution in [3.63, 3.8) is 0 Å². The van der Waals surface area contributed by atoms with Crippen molar-refractivity contribution in [3.05, 3.63) is 52.9 Å². The van der Waals surface area contributed by atoms with Gasteiger partial charge in [-0.1, -0.05) is 37.3 Å². The summed E-state index contributed by atoms with van der Waals surface area (Å²) in [6.07, 6.45) is 1.06. The molecule has 1 saturated heterocycles. The number of benzene rings is 1. The highest BCUT2D eigenvalue weighted by Crippen LogP contribution is 2.32. The highest BCUT2D eigenvalue weighted by Gasteiger charge is 2.36. The molecule has 25 heavy (non-hydrogen) atoms. The van der Waals surface area contributed by atoms with Crippen LogP contribution in [0.15, 0.2) is 46.7 Å². The molecular formula is C17H21NO4S3. The lowest BCUT2D eigenvalue weighted by Gasteiger charge is -2.18. The highest BCUT2D eigenvalue weighted by atomic mass is 32.2. The van der Waals surface area contributed by atoms with Gasteiger partial charge in [0.15, 0.2) is 9.84 Å². The molecule has 1 atom stereocenters. The van der Waals surface area contributed by atoms with Gasteiger partial charge >= 0.3 is 0 Å². The third-order valence-electron chi connectivity index (χ3n) is 4.45. The van der Waals surface area contributed by atoms with Crippen LogP contribution < -0.4 is 0 Å². The third kappa shape index (κ3) is 3.81. The van der Waals surface area contributed by atoms with Gasteiger partial charge in [0.1, 0.15) is 4.21 Å². The van der Waals surface area contributed by atoms with E-state index in [1.54, 1.807) is 18.2 Å². The van der Waals surface area contributed by atoms with Crippen molar-refractivity contribution in [1.29, 1.82) is 0 Å². The predicted octanol–water partition coefficient (Wildman–Crippen LogP) is 2.86. The first-order valence-corrected chi connectivity index (χ1v) is 12.2. The standard InChI is InChI=1S/C17H21NO4S3/c1-2-15-8-9-17(23-15)25(21,22)18-11-10-16(24(19,20)13-12-18)14-6-4-3-5-7-14/h3-9,16H,2,10-13H2,1H3. The summed E-state index contributed by atoms with van der Waals surface area (Å²) in [4.78, 5) is 1.00. The second kappa shape index (κ2) is 7.19. The molecule has 5 nitrogen and oxygen atoms in total. The molecule has 3 rings (SSSR count). The number of hydrogen-bond acceptors (Lipinski definition) is 5. The molecule has 0 bridgehead atoms. The Morgan fingerprint density at radius 2 is 1.84 bits per heavy atom. The predicted molar refractivity (Wildman–Crippen MR) is 100 cm³/mol. The third-order valence-corrected chi connectivity index (χ3v) is 10.2. The van der Waals surface area contributed by atoms with Gasteiger partial charge in [0.05, 0.1) is 11.0 Å². The molecule has 0 aliphatic carbocycles. The lowest BCUT2D eigenvalue weighted by Crippen LogP contribution is -2.33. The Kier molecular flexibility index (Phi) is 5.34. The summed E-state index contributed by atoms with van der Waals surface area (Å²) in [5.74, 6) is -0.155. The van der Waals surface area contributed by atoms with Crippen LogP contribution in [0.25, 0.3) is 0 Å². The Hall–Kier alpha value is -1.22. The van der Waals surface area contributed by atoms with Crippen LogP contribution in [0.5, 0.6) is 0 Å². The van der Waals surface area contributed by atoms with E-state index in [2.05, 4.69) is 0 Å². The van der Waals surface area contributed by atoms with Gasteiger partial charge in [-0.2, -0.15) is 4.31 Å². The molecule has 0 N–H and O–H groups in total. The lowest BCUT2D eigenvalue weighted by atomic mass is 10.1. The zero-order valence-corrected chi connectivity index (χ0v) is 16.4. The quantitative estimate of drug-likeness (QED) is 0.793. The zero-order chi connectivity index (χ0) is 18.1. The number of nitrogens with zero attached hydrogens (tertiary/aromatic N) is 1. The van der Waals surface area contributed by atoms with E-state index in [4.69, 9.17) is 0 Å². The molecule has 0 radical (unpaired) electrons. The molecule has 0 spiro atoms. The van der Waals surface area contributed by atoms with Crippen LogP contribution >= 0.6 is 11.3 Å². The normalized spacial score (nSPS) is 21.7. The molecule has 0 amide bonds. The van der Waals surface area contributed by atoms with Crippen molar-refractivity contribution in [2.75, 3.05) is 18.8 Å². The summed E-state index contributed by atoms with van der Waals surface area (Å²) in [6.45, 7) is 2.19. The number of aryl methyl sites for hydroxylation is 1. The molecule has 1 aromatic carbocycles. The number of sulfone groups is 1. The smallest absolute Gasteiger partial charge is 0.228 e. The Bertz CT molecular complexity index is 933. The number of rotatable bonds is 4. The Labute approximate surface area is 153 Å². The van der Waals surface area contributed by atoms with E-state index in [9.17, 15) is 16.8 Å². The van der Waals surface area contributed by atoms with Crippen molar-refractivity contribution in [2.24, 2.45) is 0 Å². The van der Waals surface area contributed by atoms with Crippen LogP contribution in [-0.2, 0) is 26.3 Å². The Balaban J connectivity index is 1.87. The minimum atomic E-state index is -3.64. The van der Waals surface area contributed by atoms with Gasteiger partial charge in [-0.3, -0.25) is 0 Å². The fourth-order valence-electron chi connectivity index (χ4n) is 3.02. The summed E-state index contributed by atoms with van der Waals surface area (Å²) < 4.78 is 52.6. The highest BCUT2D eigenvalue weighted by molar-refractivity contribution is 7.92. The second-order valence-corrected chi connectivity index (χ2v) is 11.7. The van der Waals surface area contributed by atoms with Crippen molar-refractivity contribution < 1.29 is 16.8 Å². The molecule has 1 unspecified atom stereocenters. The minimum absolute atomic E-state index is 0.00730. The first kappa shape index (κ1) is 18.6. The maximum Gasteiger partial charge on any atom is 0.252 e. The summed E-state index contributed by atoms with van der Waals surface area (Å²) in [5, 5.41) is -0.650. The summed E-state index contributed by atoms with van der Waals surface area (Å²) >= 11 is 1.26. The molecule has 136 valence electrons. The average Bonchev–Trinajstić information content (AvgIpc) is 3.02. The maximum atomic E-state index is 12.9. The van der Waals surface area contributed by atoms with Gasteiger partial charge in [0.25, 0.3) is 10.0 Å². The van der Waals surface area contributed by atoms with E-state index in [0.29, 0.717) is 4.21 Å². The van der Waals surface area contributed by atoms with Gasteiger partial charge in [0.2, 0.25) is 0 Å². The second-order valence-electron chi connectivity index (χ2n) is 6.03. The van der Waals surface area contributed by atoms with Crippen LogP contribution in [0.3, 0.4) is 0 Å². The molecular weight excluding hydrogens is 378 g/mol. The van der Waals surface area contributed by atoms with Gasteiger partial charge in [-0.15, -0.1) is 11.3 Å². The molecule has 1 fully saturated rings. The monoisotopic (exact) mass is 399 g/mol. The largest absolute Gasteiger partial charge is 0.252 e. The van der Waals surface area contributed by atoms with E-state index in [0.717, 1.165) is 16.9 Å². The van der Waals surface area contributed by atoms with E-state index in [1.807, 2.05) is 31.2 Å². The first-order chi connectivity index (χ1) is 11.8. The van der Waals surface area contributed by atoms with Crippen LogP contribution in [0.4, 0.5) is 0 Å². The molecule has 1 aliphatic rings. The SMILES string of the molecule is CCc1ccc(S(=O)(=O)N2CCC(c3ccccc3)S(=O)(=O)CC2)s1. The minimum Gasteiger partial charge on any atom is -0.228 e. The van der Waals surface area contributed by atoms with Crippen LogP contribution in [0.1, 0.15) is 29.0 Å². The van der Waals surface area contributed by atoms with Crippen molar-refractivity contribution in [1.82, 2.24) is 4.31 Å². The van der Waals surface area contributed by atoms with Crippen molar-refractivity contribution >= 4 is 31.2 Å². The Morgan fingerprint density at radius 3 is 2.48 bits per heavy atom. The molecule has 1 aromatic heterocycles. The van der Waals surface area contributed by atoms with E-state index in [1.165, 1.54) is 15.6 Å². The molecule has 2 heterocycles. The van der Waals surface area contributed by atoms with Gasteiger partial charge in [0, 0.05) is 18.0 Å². The molecule has 2 aromatic rings. The average molecular weight is 400 g/mol. The fraction of sp³-hybridized carbons (Fsp3) is 0.412. The molecule has 1 aliphatic heterocycles. The van der Waals surface area contributed by atoms with E-state index in [-0.39, 0.29) is 25.3 Å². The van der Waals surface area contributed by atoms with Gasteiger partial charge in [-0.05, 0) is 30.5 Å². The summed E-state index contributed by atoms with van der Waals surface area (Å²) in [5.41, 5.74) is 0.728. The number of hydrogen-bond donors (Lipinski definition) is 0. The lowest BCUT2D eigenvalue weighted by molar-refractivity contribution is 0.429. The van der Waals surface area contributed by atoms with Gasteiger partial charge < -0.3 is 0 Å². The van der Waals surface area contributed by atoms with E-state index >= 15 is 0 Å². The molecule has 8 heteroatoms. The van der Waals surface area contributed by atoms with Gasteiger partial charge in [-0.25, -0.2) is 16.8 Å². The first-order valence-electron chi connectivity index (χ1n) is 8.20. The number of thiophene rings is 1. The topological polar surface area (TPSA) is 71.5 Å². The maximum absolute atomic E-state index is 12.9. The molecule has 0 saturated carbocycles. The number of sulfonamides is 1. The van der Waals surface area contributed by atoms with Crippen LogP contribution in [-0.4, -0.2) is 40.0 Å². The van der Waals surface area contributed by atoms with Crippen LogP contribution in [0.2, 0.25) is 0 Å². The summed E-state index contributed by atoms with van der Waals surface area (Å²) in [6, 6.07) is 12.5. The fourth-order valence-corrected chi connectivity index (χ4v) is 7.84. The van der Waals surface area contributed by atoms with Crippen molar-refractivity contribution in [3.8, 4) is 0 Å². The van der Waals surface area contributed by atoms with Crippen molar-refractivity contribution in [2.45, 2.75) is 29.2 Å². The van der Waals surface area contributed by atoms with E-state index < -0.39 is 25.1 Å². The van der Waals surface area contributed by atoms with Crippen LogP contribution in [0, 0.1) is 0 Å². The summed E-state index contributed by atoms with van der Waals surface area (Å²) in [7, 11) is -7.03. The zero-order valence-electron chi connectivity index (χ0n) is 14.0. The Morgan fingerprint density at radius 1 is 1.12 bits per heavy atom.